The van der Waals surface area contributed by atoms with Gasteiger partial charge < -0.3 is 10.6 Å². The van der Waals surface area contributed by atoms with Crippen LogP contribution in [0.5, 0.6) is 0 Å². The highest BCUT2D eigenvalue weighted by atomic mass is 16.2. The van der Waals surface area contributed by atoms with Crippen LogP contribution >= 0.6 is 0 Å². The minimum absolute atomic E-state index is 0.0645. The van der Waals surface area contributed by atoms with E-state index in [2.05, 4.69) is 31.4 Å². The Hall–Kier alpha value is -1.35. The molecule has 1 amide bonds. The summed E-state index contributed by atoms with van der Waals surface area (Å²) in [7, 11) is 0. The van der Waals surface area contributed by atoms with E-state index in [0.29, 0.717) is 12.0 Å². The fourth-order valence-corrected chi connectivity index (χ4v) is 3.01. The number of carbonyl (C=O) groups excluding carboxylic acids is 1. The van der Waals surface area contributed by atoms with E-state index < -0.39 is 0 Å². The Morgan fingerprint density at radius 3 is 2.60 bits per heavy atom. The van der Waals surface area contributed by atoms with E-state index in [0.717, 1.165) is 24.9 Å². The van der Waals surface area contributed by atoms with Crippen molar-refractivity contribution in [1.82, 2.24) is 10.6 Å². The maximum atomic E-state index is 12.7. The molecule has 3 atom stereocenters. The molecule has 1 saturated heterocycles. The van der Waals surface area contributed by atoms with Crippen LogP contribution in [-0.2, 0) is 4.79 Å². The molecule has 1 heterocycles. The molecule has 2 rings (SSSR count). The molecule has 1 aromatic carbocycles. The molecule has 1 aliphatic heterocycles. The number of piperidine rings is 1. The van der Waals surface area contributed by atoms with Gasteiger partial charge in [0, 0.05) is 12.1 Å². The lowest BCUT2D eigenvalue weighted by Crippen LogP contribution is -2.53. The Morgan fingerprint density at radius 2 is 2.00 bits per heavy atom. The highest BCUT2D eigenvalue weighted by Gasteiger charge is 2.28. The van der Waals surface area contributed by atoms with Crippen LogP contribution in [0, 0.1) is 5.92 Å². The maximum absolute atomic E-state index is 12.7. The van der Waals surface area contributed by atoms with Crippen LogP contribution in [0.15, 0.2) is 30.3 Å². The molecule has 20 heavy (non-hydrogen) atoms. The number of amides is 1. The molecule has 110 valence electrons. The summed E-state index contributed by atoms with van der Waals surface area (Å²) in [6, 6.07) is 10.7. The predicted octanol–water partition coefficient (Wildman–Crippen LogP) is 2.68. The van der Waals surface area contributed by atoms with Gasteiger partial charge in [0.15, 0.2) is 0 Å². The van der Waals surface area contributed by atoms with Gasteiger partial charge in [-0.1, -0.05) is 44.2 Å². The van der Waals surface area contributed by atoms with Gasteiger partial charge in [-0.15, -0.1) is 0 Å². The normalized spacial score (nSPS) is 24.4. The first-order chi connectivity index (χ1) is 9.59. The van der Waals surface area contributed by atoms with E-state index in [1.165, 1.54) is 0 Å². The maximum Gasteiger partial charge on any atom is 0.228 e. The topological polar surface area (TPSA) is 41.1 Å². The Bertz CT molecular complexity index is 430. The summed E-state index contributed by atoms with van der Waals surface area (Å²) >= 11 is 0. The van der Waals surface area contributed by atoms with Crippen molar-refractivity contribution in [3.8, 4) is 0 Å². The second-order valence-electron chi connectivity index (χ2n) is 6.13. The van der Waals surface area contributed by atoms with Crippen LogP contribution < -0.4 is 10.6 Å². The Labute approximate surface area is 122 Å². The van der Waals surface area contributed by atoms with E-state index in [-0.39, 0.29) is 17.9 Å². The minimum Gasteiger partial charge on any atom is -0.351 e. The Morgan fingerprint density at radius 1 is 1.30 bits per heavy atom. The quantitative estimate of drug-likeness (QED) is 0.886. The van der Waals surface area contributed by atoms with Gasteiger partial charge in [0.1, 0.15) is 0 Å². The fourth-order valence-electron chi connectivity index (χ4n) is 3.01. The van der Waals surface area contributed by atoms with Gasteiger partial charge in [0.2, 0.25) is 5.91 Å². The van der Waals surface area contributed by atoms with E-state index in [1.807, 2.05) is 30.3 Å². The highest BCUT2D eigenvalue weighted by molar-refractivity contribution is 5.84. The summed E-state index contributed by atoms with van der Waals surface area (Å²) in [6.45, 7) is 7.43. The Balaban J connectivity index is 2.08. The predicted molar refractivity (Wildman–Crippen MR) is 82.7 cm³/mol. The van der Waals surface area contributed by atoms with Crippen molar-refractivity contribution in [2.45, 2.75) is 51.6 Å². The minimum atomic E-state index is -0.0645. The molecular weight excluding hydrogens is 248 g/mol. The molecule has 0 aliphatic carbocycles. The third-order valence-corrected chi connectivity index (χ3v) is 4.20. The van der Waals surface area contributed by atoms with Gasteiger partial charge in [0.25, 0.3) is 0 Å². The van der Waals surface area contributed by atoms with E-state index in [9.17, 15) is 4.79 Å². The molecule has 1 aromatic rings. The number of nitrogens with one attached hydrogen (secondary N) is 2. The van der Waals surface area contributed by atoms with Gasteiger partial charge in [-0.25, -0.2) is 0 Å². The summed E-state index contributed by atoms with van der Waals surface area (Å²) in [4.78, 5) is 12.7. The van der Waals surface area contributed by atoms with Gasteiger partial charge in [0.05, 0.1) is 5.92 Å². The summed E-state index contributed by atoms with van der Waals surface area (Å²) in [5.74, 6) is 0.390. The number of hydrogen-bond acceptors (Lipinski definition) is 2. The van der Waals surface area contributed by atoms with E-state index in [1.54, 1.807) is 0 Å². The average Bonchev–Trinajstić information content (AvgIpc) is 2.42. The Kier molecular flexibility index (Phi) is 5.18. The molecule has 0 aromatic heterocycles. The van der Waals surface area contributed by atoms with Crippen LogP contribution in [0.4, 0.5) is 0 Å². The molecule has 3 unspecified atom stereocenters. The van der Waals surface area contributed by atoms with E-state index >= 15 is 0 Å². The second kappa shape index (κ2) is 6.89. The number of benzene rings is 1. The van der Waals surface area contributed by atoms with Crippen molar-refractivity contribution in [2.75, 3.05) is 6.54 Å². The zero-order valence-corrected chi connectivity index (χ0v) is 12.7. The number of hydrogen-bond donors (Lipinski definition) is 2. The zero-order chi connectivity index (χ0) is 14.5. The number of rotatable bonds is 4. The van der Waals surface area contributed by atoms with Crippen LogP contribution in [0.2, 0.25) is 0 Å². The fraction of sp³-hybridized carbons (Fsp3) is 0.588. The first kappa shape index (κ1) is 15.0. The molecule has 3 heteroatoms. The van der Waals surface area contributed by atoms with Gasteiger partial charge in [-0.05, 0) is 37.8 Å². The largest absolute Gasteiger partial charge is 0.351 e. The van der Waals surface area contributed by atoms with Crippen molar-refractivity contribution < 1.29 is 4.79 Å². The van der Waals surface area contributed by atoms with Crippen molar-refractivity contribution in [1.29, 1.82) is 0 Å². The van der Waals surface area contributed by atoms with Gasteiger partial charge in [-0.3, -0.25) is 4.79 Å². The second-order valence-corrected chi connectivity index (χ2v) is 6.13. The van der Waals surface area contributed by atoms with Gasteiger partial charge in [-0.2, -0.15) is 0 Å². The highest BCUT2D eigenvalue weighted by Crippen LogP contribution is 2.25. The molecule has 0 radical (unpaired) electrons. The molecule has 0 bridgehead atoms. The smallest absolute Gasteiger partial charge is 0.228 e. The third kappa shape index (κ3) is 3.60. The third-order valence-electron chi connectivity index (χ3n) is 4.20. The van der Waals surface area contributed by atoms with Crippen LogP contribution in [0.3, 0.4) is 0 Å². The summed E-state index contributed by atoms with van der Waals surface area (Å²) < 4.78 is 0. The lowest BCUT2D eigenvalue weighted by atomic mass is 9.87. The summed E-state index contributed by atoms with van der Waals surface area (Å²) in [5, 5.41) is 6.68. The molecule has 1 aliphatic rings. The van der Waals surface area contributed by atoms with Crippen LogP contribution in [-0.4, -0.2) is 24.5 Å². The van der Waals surface area contributed by atoms with Crippen molar-refractivity contribution >= 4 is 5.91 Å². The molecule has 0 saturated carbocycles. The molecule has 0 spiro atoms. The average molecular weight is 274 g/mol. The van der Waals surface area contributed by atoms with Crippen LogP contribution in [0.25, 0.3) is 0 Å². The van der Waals surface area contributed by atoms with Crippen molar-refractivity contribution in [2.24, 2.45) is 5.92 Å². The number of carbonyl (C=O) groups is 1. The molecule has 3 nitrogen and oxygen atoms in total. The SMILES string of the molecule is CC(C)C(C(=O)NC1CCCNC1C)c1ccccc1. The van der Waals surface area contributed by atoms with Gasteiger partial charge >= 0.3 is 0 Å². The summed E-state index contributed by atoms with van der Waals surface area (Å²) in [5.41, 5.74) is 1.11. The lowest BCUT2D eigenvalue weighted by Gasteiger charge is -2.32. The monoisotopic (exact) mass is 274 g/mol. The van der Waals surface area contributed by atoms with Crippen molar-refractivity contribution in [3.05, 3.63) is 35.9 Å². The van der Waals surface area contributed by atoms with Crippen molar-refractivity contribution in [3.63, 3.8) is 0 Å². The lowest BCUT2D eigenvalue weighted by molar-refractivity contribution is -0.124. The zero-order valence-electron chi connectivity index (χ0n) is 12.7. The van der Waals surface area contributed by atoms with Crippen LogP contribution in [0.1, 0.15) is 45.1 Å². The summed E-state index contributed by atoms with van der Waals surface area (Å²) in [6.07, 6.45) is 2.20. The first-order valence-electron chi connectivity index (χ1n) is 7.68. The standard InChI is InChI=1S/C17H26N2O/c1-12(2)16(14-8-5-4-6-9-14)17(20)19-15-10-7-11-18-13(15)3/h4-6,8-9,12-13,15-16,18H,7,10-11H2,1-3H3,(H,19,20). The molecular formula is C17H26N2O. The van der Waals surface area contributed by atoms with E-state index in [4.69, 9.17) is 0 Å². The molecule has 2 N–H and O–H groups in total. The molecule has 1 fully saturated rings. The first-order valence-corrected chi connectivity index (χ1v) is 7.68.